The van der Waals surface area contributed by atoms with Gasteiger partial charge in [-0.3, -0.25) is 0 Å². The molecule has 2 unspecified atom stereocenters. The van der Waals surface area contributed by atoms with Crippen LogP contribution in [0.4, 0.5) is 13.2 Å². The van der Waals surface area contributed by atoms with Gasteiger partial charge in [-0.15, -0.1) is 0 Å². The third kappa shape index (κ3) is 4.77. The van der Waals surface area contributed by atoms with E-state index >= 15 is 0 Å². The summed E-state index contributed by atoms with van der Waals surface area (Å²) < 4.78 is 42.1. The number of halogens is 3. The SMILES string of the molecule is CC(CCCC(F)(F)F)NC(C)c1cc2ccccc2o1. The minimum absolute atomic E-state index is 0.00978. The Morgan fingerprint density at radius 1 is 1.19 bits per heavy atom. The van der Waals surface area contributed by atoms with Crippen LogP contribution in [0.3, 0.4) is 0 Å². The van der Waals surface area contributed by atoms with E-state index in [1.807, 2.05) is 44.2 Å². The molecule has 1 heterocycles. The van der Waals surface area contributed by atoms with E-state index in [1.165, 1.54) is 0 Å². The van der Waals surface area contributed by atoms with Gasteiger partial charge in [0.05, 0.1) is 6.04 Å². The molecular weight excluding hydrogens is 279 g/mol. The van der Waals surface area contributed by atoms with Gasteiger partial charge >= 0.3 is 6.18 Å². The number of hydrogen-bond donors (Lipinski definition) is 1. The van der Waals surface area contributed by atoms with E-state index in [-0.39, 0.29) is 18.5 Å². The number of para-hydroxylation sites is 1. The van der Waals surface area contributed by atoms with E-state index in [9.17, 15) is 13.2 Å². The number of hydrogen-bond acceptors (Lipinski definition) is 2. The molecule has 0 fully saturated rings. The zero-order valence-corrected chi connectivity index (χ0v) is 12.2. The molecule has 21 heavy (non-hydrogen) atoms. The molecule has 2 atom stereocenters. The van der Waals surface area contributed by atoms with E-state index in [4.69, 9.17) is 4.42 Å². The maximum atomic E-state index is 12.1. The van der Waals surface area contributed by atoms with Crippen molar-refractivity contribution in [1.29, 1.82) is 0 Å². The lowest BCUT2D eigenvalue weighted by molar-refractivity contribution is -0.135. The van der Waals surface area contributed by atoms with Gasteiger partial charge in [0.2, 0.25) is 0 Å². The Bertz CT molecular complexity index is 543. The van der Waals surface area contributed by atoms with Gasteiger partial charge in [0.25, 0.3) is 0 Å². The Morgan fingerprint density at radius 2 is 1.90 bits per heavy atom. The highest BCUT2D eigenvalue weighted by Crippen LogP contribution is 2.25. The van der Waals surface area contributed by atoms with Crippen LogP contribution in [-0.4, -0.2) is 12.2 Å². The van der Waals surface area contributed by atoms with E-state index in [0.717, 1.165) is 16.7 Å². The van der Waals surface area contributed by atoms with Crippen LogP contribution in [0.25, 0.3) is 11.0 Å². The fourth-order valence-electron chi connectivity index (χ4n) is 2.42. The molecule has 1 aromatic heterocycles. The van der Waals surface area contributed by atoms with E-state index in [2.05, 4.69) is 5.32 Å². The highest BCUT2D eigenvalue weighted by Gasteiger charge is 2.26. The lowest BCUT2D eigenvalue weighted by Crippen LogP contribution is -2.29. The lowest BCUT2D eigenvalue weighted by Gasteiger charge is -2.18. The summed E-state index contributed by atoms with van der Waals surface area (Å²) in [4.78, 5) is 0. The number of fused-ring (bicyclic) bond motifs is 1. The second kappa shape index (κ2) is 6.52. The van der Waals surface area contributed by atoms with Crippen molar-refractivity contribution in [3.8, 4) is 0 Å². The molecule has 0 aliphatic carbocycles. The van der Waals surface area contributed by atoms with Crippen molar-refractivity contribution < 1.29 is 17.6 Å². The van der Waals surface area contributed by atoms with Crippen LogP contribution >= 0.6 is 0 Å². The topological polar surface area (TPSA) is 25.2 Å². The number of rotatable bonds is 6. The smallest absolute Gasteiger partial charge is 0.389 e. The number of nitrogens with one attached hydrogen (secondary N) is 1. The minimum atomic E-state index is -4.07. The average Bonchev–Trinajstić information content (AvgIpc) is 2.80. The van der Waals surface area contributed by atoms with Gasteiger partial charge in [-0.05, 0) is 38.8 Å². The summed E-state index contributed by atoms with van der Waals surface area (Å²) in [6, 6.07) is 9.68. The van der Waals surface area contributed by atoms with Crippen LogP contribution in [0.2, 0.25) is 0 Å². The number of benzene rings is 1. The Labute approximate surface area is 122 Å². The highest BCUT2D eigenvalue weighted by atomic mass is 19.4. The van der Waals surface area contributed by atoms with Crippen molar-refractivity contribution >= 4 is 11.0 Å². The summed E-state index contributed by atoms with van der Waals surface area (Å²) >= 11 is 0. The highest BCUT2D eigenvalue weighted by molar-refractivity contribution is 5.77. The zero-order valence-electron chi connectivity index (χ0n) is 12.2. The Morgan fingerprint density at radius 3 is 2.57 bits per heavy atom. The number of furan rings is 1. The van der Waals surface area contributed by atoms with Crippen LogP contribution in [0.1, 0.15) is 44.9 Å². The maximum absolute atomic E-state index is 12.1. The summed E-state index contributed by atoms with van der Waals surface area (Å²) in [5, 5.41) is 4.32. The second-order valence-corrected chi connectivity index (χ2v) is 5.48. The predicted octanol–water partition coefficient (Wildman–Crippen LogP) is 5.20. The largest absolute Gasteiger partial charge is 0.459 e. The summed E-state index contributed by atoms with van der Waals surface area (Å²) in [5.74, 6) is 0.805. The summed E-state index contributed by atoms with van der Waals surface area (Å²) in [6.07, 6.45) is -4.16. The molecule has 1 aromatic carbocycles. The van der Waals surface area contributed by atoms with Crippen LogP contribution < -0.4 is 5.32 Å². The molecule has 1 N–H and O–H groups in total. The maximum Gasteiger partial charge on any atom is 0.389 e. The fourth-order valence-corrected chi connectivity index (χ4v) is 2.42. The van der Waals surface area contributed by atoms with Crippen molar-refractivity contribution in [2.24, 2.45) is 0 Å². The summed E-state index contributed by atoms with van der Waals surface area (Å²) in [6.45, 7) is 3.85. The lowest BCUT2D eigenvalue weighted by atomic mass is 10.1. The first-order valence-corrected chi connectivity index (χ1v) is 7.16. The van der Waals surface area contributed by atoms with E-state index in [0.29, 0.717) is 6.42 Å². The quantitative estimate of drug-likeness (QED) is 0.792. The molecular formula is C16H20F3NO. The van der Waals surface area contributed by atoms with Crippen LogP contribution in [0.15, 0.2) is 34.7 Å². The van der Waals surface area contributed by atoms with Crippen molar-refractivity contribution in [3.05, 3.63) is 36.1 Å². The summed E-state index contributed by atoms with van der Waals surface area (Å²) in [5.41, 5.74) is 0.825. The van der Waals surface area contributed by atoms with Gasteiger partial charge in [-0.1, -0.05) is 18.2 Å². The molecule has 2 nitrogen and oxygen atoms in total. The molecule has 2 aromatic rings. The molecule has 0 amide bonds. The Balaban J connectivity index is 1.87. The Kier molecular flexibility index (Phi) is 4.93. The van der Waals surface area contributed by atoms with Crippen molar-refractivity contribution in [2.75, 3.05) is 0 Å². The first kappa shape index (κ1) is 15.9. The molecule has 5 heteroatoms. The fraction of sp³-hybridized carbons (Fsp3) is 0.500. The number of alkyl halides is 3. The van der Waals surface area contributed by atoms with E-state index in [1.54, 1.807) is 0 Å². The molecule has 2 rings (SSSR count). The molecule has 0 spiro atoms. The van der Waals surface area contributed by atoms with E-state index < -0.39 is 12.6 Å². The molecule has 0 aliphatic rings. The first-order valence-electron chi connectivity index (χ1n) is 7.16. The van der Waals surface area contributed by atoms with Crippen LogP contribution in [-0.2, 0) is 0 Å². The van der Waals surface area contributed by atoms with Gasteiger partial charge < -0.3 is 9.73 Å². The zero-order chi connectivity index (χ0) is 15.5. The van der Waals surface area contributed by atoms with Crippen molar-refractivity contribution in [1.82, 2.24) is 5.32 Å². The van der Waals surface area contributed by atoms with Gasteiger partial charge in [0.1, 0.15) is 11.3 Å². The minimum Gasteiger partial charge on any atom is -0.459 e. The Hall–Kier alpha value is -1.49. The first-order chi connectivity index (χ1) is 9.85. The standard InChI is InChI=1S/C16H20F3NO/c1-11(6-5-9-16(17,18)19)20-12(2)15-10-13-7-3-4-8-14(13)21-15/h3-4,7-8,10-12,20H,5-6,9H2,1-2H3. The third-order valence-corrected chi connectivity index (χ3v) is 3.50. The van der Waals surface area contributed by atoms with Gasteiger partial charge in [0, 0.05) is 17.8 Å². The molecule has 116 valence electrons. The monoisotopic (exact) mass is 299 g/mol. The predicted molar refractivity (Wildman–Crippen MR) is 77.1 cm³/mol. The average molecular weight is 299 g/mol. The molecule has 0 saturated heterocycles. The van der Waals surface area contributed by atoms with Crippen molar-refractivity contribution in [3.63, 3.8) is 0 Å². The molecule has 0 radical (unpaired) electrons. The normalized spacial score (nSPS) is 15.3. The van der Waals surface area contributed by atoms with Gasteiger partial charge in [-0.2, -0.15) is 13.2 Å². The molecule has 0 bridgehead atoms. The summed E-state index contributed by atoms with van der Waals surface area (Å²) in [7, 11) is 0. The third-order valence-electron chi connectivity index (χ3n) is 3.50. The van der Waals surface area contributed by atoms with Crippen molar-refractivity contribution in [2.45, 2.75) is 51.4 Å². The van der Waals surface area contributed by atoms with Crippen LogP contribution in [0, 0.1) is 0 Å². The van der Waals surface area contributed by atoms with Gasteiger partial charge in [-0.25, -0.2) is 0 Å². The molecule has 0 aliphatic heterocycles. The van der Waals surface area contributed by atoms with Crippen LogP contribution in [0.5, 0.6) is 0 Å². The molecule has 0 saturated carbocycles. The van der Waals surface area contributed by atoms with Gasteiger partial charge in [0.15, 0.2) is 0 Å². The second-order valence-electron chi connectivity index (χ2n) is 5.48.